The fourth-order valence-corrected chi connectivity index (χ4v) is 2.94. The third-order valence-corrected chi connectivity index (χ3v) is 3.81. The fraction of sp³-hybridized carbons (Fsp3) is 0.429. The quantitative estimate of drug-likeness (QED) is 0.736. The van der Waals surface area contributed by atoms with E-state index < -0.39 is 0 Å². The highest BCUT2D eigenvalue weighted by Gasteiger charge is 2.24. The van der Waals surface area contributed by atoms with Crippen LogP contribution in [0.4, 0.5) is 4.39 Å². The number of nitrogens with one attached hydrogen (secondary N) is 1. The zero-order chi connectivity index (χ0) is 11.1. The highest BCUT2D eigenvalue weighted by Crippen LogP contribution is 2.40. The molecule has 1 aromatic heterocycles. The molecule has 1 fully saturated rings. The van der Waals surface area contributed by atoms with Crippen molar-refractivity contribution in [1.29, 1.82) is 0 Å². The molecule has 3 rings (SSSR count). The molecule has 0 saturated heterocycles. The van der Waals surface area contributed by atoms with Gasteiger partial charge < -0.3 is 4.98 Å². The van der Waals surface area contributed by atoms with Crippen LogP contribution in [0.15, 0.2) is 24.4 Å². The average Bonchev–Trinajstić information content (AvgIpc) is 2.83. The second kappa shape index (κ2) is 3.62. The number of hydrogen-bond donors (Lipinski definition) is 1. The summed E-state index contributed by atoms with van der Waals surface area (Å²) in [7, 11) is 0. The van der Waals surface area contributed by atoms with Crippen molar-refractivity contribution < 1.29 is 4.39 Å². The first-order valence-electron chi connectivity index (χ1n) is 6.00. The highest BCUT2D eigenvalue weighted by molar-refractivity contribution is 5.83. The Balaban J connectivity index is 2.06. The minimum atomic E-state index is -0.139. The molecule has 1 aliphatic rings. The minimum Gasteiger partial charge on any atom is -0.361 e. The van der Waals surface area contributed by atoms with E-state index in [-0.39, 0.29) is 5.82 Å². The van der Waals surface area contributed by atoms with E-state index in [4.69, 9.17) is 0 Å². The molecule has 1 N–H and O–H groups in total. The number of H-pyrrole nitrogens is 1. The average molecular weight is 217 g/mol. The smallest absolute Gasteiger partial charge is 0.123 e. The lowest BCUT2D eigenvalue weighted by atomic mass is 9.96. The lowest BCUT2D eigenvalue weighted by Crippen LogP contribution is -1.92. The van der Waals surface area contributed by atoms with Crippen molar-refractivity contribution in [1.82, 2.24) is 4.98 Å². The molecule has 2 heteroatoms. The van der Waals surface area contributed by atoms with Gasteiger partial charge in [-0.3, -0.25) is 0 Å². The van der Waals surface area contributed by atoms with Gasteiger partial charge in [0.05, 0.1) is 0 Å². The second-order valence-electron chi connectivity index (χ2n) is 5.05. The third kappa shape index (κ3) is 1.53. The number of fused-ring (bicyclic) bond motifs is 1. The number of halogens is 1. The minimum absolute atomic E-state index is 0.139. The largest absolute Gasteiger partial charge is 0.361 e. The molecule has 0 radical (unpaired) electrons. The van der Waals surface area contributed by atoms with Gasteiger partial charge in [0.15, 0.2) is 0 Å². The lowest BCUT2D eigenvalue weighted by Gasteiger charge is -2.08. The van der Waals surface area contributed by atoms with Crippen LogP contribution in [0, 0.1) is 11.7 Å². The van der Waals surface area contributed by atoms with E-state index in [1.807, 2.05) is 6.07 Å². The van der Waals surface area contributed by atoms with Crippen molar-refractivity contribution in [2.75, 3.05) is 0 Å². The van der Waals surface area contributed by atoms with Crippen molar-refractivity contribution in [3.63, 3.8) is 0 Å². The summed E-state index contributed by atoms with van der Waals surface area (Å²) in [6.45, 7) is 2.30. The van der Waals surface area contributed by atoms with Gasteiger partial charge in [0.1, 0.15) is 5.82 Å². The van der Waals surface area contributed by atoms with Crippen LogP contribution >= 0.6 is 0 Å². The monoisotopic (exact) mass is 217 g/mol. The van der Waals surface area contributed by atoms with Crippen LogP contribution in [0.1, 0.15) is 37.7 Å². The molecule has 0 spiro atoms. The van der Waals surface area contributed by atoms with Gasteiger partial charge in [-0.05, 0) is 48.4 Å². The van der Waals surface area contributed by atoms with Crippen LogP contribution in [-0.4, -0.2) is 4.98 Å². The Hall–Kier alpha value is -1.31. The lowest BCUT2D eigenvalue weighted by molar-refractivity contribution is 0.597. The van der Waals surface area contributed by atoms with E-state index >= 15 is 0 Å². The van der Waals surface area contributed by atoms with Crippen LogP contribution in [0.25, 0.3) is 10.9 Å². The molecule has 0 bridgehead atoms. The maximum absolute atomic E-state index is 13.2. The predicted octanol–water partition coefficient (Wildman–Crippen LogP) is 4.21. The summed E-state index contributed by atoms with van der Waals surface area (Å²) < 4.78 is 13.2. The van der Waals surface area contributed by atoms with E-state index in [9.17, 15) is 4.39 Å². The Morgan fingerprint density at radius 2 is 2.19 bits per heavy atom. The van der Waals surface area contributed by atoms with Gasteiger partial charge in [-0.2, -0.15) is 0 Å². The van der Waals surface area contributed by atoms with Crippen LogP contribution in [0.3, 0.4) is 0 Å². The maximum atomic E-state index is 13.2. The van der Waals surface area contributed by atoms with Gasteiger partial charge in [0.25, 0.3) is 0 Å². The number of benzene rings is 1. The van der Waals surface area contributed by atoms with E-state index in [1.165, 1.54) is 30.9 Å². The van der Waals surface area contributed by atoms with Crippen molar-refractivity contribution in [2.45, 2.75) is 32.1 Å². The Kier molecular flexibility index (Phi) is 2.23. The number of aromatic nitrogens is 1. The van der Waals surface area contributed by atoms with E-state index in [1.54, 1.807) is 6.07 Å². The Labute approximate surface area is 94.7 Å². The second-order valence-corrected chi connectivity index (χ2v) is 5.05. The van der Waals surface area contributed by atoms with E-state index in [0.29, 0.717) is 5.92 Å². The zero-order valence-electron chi connectivity index (χ0n) is 9.46. The molecular formula is C14H16FN. The van der Waals surface area contributed by atoms with Crippen LogP contribution in [0.2, 0.25) is 0 Å². The summed E-state index contributed by atoms with van der Waals surface area (Å²) in [4.78, 5) is 3.24. The molecule has 16 heavy (non-hydrogen) atoms. The SMILES string of the molecule is CC1CCC(c2c[nH]c3ccc(F)cc23)C1. The fourth-order valence-electron chi connectivity index (χ4n) is 2.94. The first-order valence-corrected chi connectivity index (χ1v) is 6.00. The van der Waals surface area contributed by atoms with Gasteiger partial charge in [0.2, 0.25) is 0 Å². The summed E-state index contributed by atoms with van der Waals surface area (Å²) in [6, 6.07) is 5.00. The standard InChI is InChI=1S/C14H16FN/c1-9-2-3-10(6-9)13-8-16-14-5-4-11(15)7-12(13)14/h4-5,7-10,16H,2-3,6H2,1H3. The molecule has 0 aliphatic heterocycles. The Bertz CT molecular complexity index is 514. The first-order chi connectivity index (χ1) is 7.74. The molecule has 1 saturated carbocycles. The van der Waals surface area contributed by atoms with Crippen molar-refractivity contribution >= 4 is 10.9 Å². The van der Waals surface area contributed by atoms with Gasteiger partial charge in [-0.15, -0.1) is 0 Å². The summed E-state index contributed by atoms with van der Waals surface area (Å²) >= 11 is 0. The van der Waals surface area contributed by atoms with E-state index in [0.717, 1.165) is 16.8 Å². The summed E-state index contributed by atoms with van der Waals surface area (Å²) in [6.07, 6.45) is 5.84. The number of hydrogen-bond acceptors (Lipinski definition) is 0. The molecule has 1 aliphatic carbocycles. The summed E-state index contributed by atoms with van der Waals surface area (Å²) in [5, 5.41) is 1.07. The van der Waals surface area contributed by atoms with Crippen molar-refractivity contribution in [2.24, 2.45) is 5.92 Å². The molecular weight excluding hydrogens is 201 g/mol. The summed E-state index contributed by atoms with van der Waals surface area (Å²) in [5.74, 6) is 1.29. The van der Waals surface area contributed by atoms with Crippen LogP contribution in [-0.2, 0) is 0 Å². The predicted molar refractivity (Wildman–Crippen MR) is 64.0 cm³/mol. The molecule has 1 heterocycles. The van der Waals surface area contributed by atoms with E-state index in [2.05, 4.69) is 18.1 Å². The number of rotatable bonds is 1. The molecule has 2 aromatic rings. The Morgan fingerprint density at radius 1 is 1.31 bits per heavy atom. The molecule has 0 amide bonds. The van der Waals surface area contributed by atoms with Crippen LogP contribution in [0.5, 0.6) is 0 Å². The molecule has 1 aromatic carbocycles. The van der Waals surface area contributed by atoms with Gasteiger partial charge in [-0.25, -0.2) is 4.39 Å². The molecule has 2 atom stereocenters. The first kappa shape index (κ1) is 9.88. The normalized spacial score (nSPS) is 25.4. The topological polar surface area (TPSA) is 15.8 Å². The number of aromatic amines is 1. The third-order valence-electron chi connectivity index (χ3n) is 3.81. The molecule has 1 nitrogen and oxygen atoms in total. The van der Waals surface area contributed by atoms with Gasteiger partial charge >= 0.3 is 0 Å². The maximum Gasteiger partial charge on any atom is 0.123 e. The molecule has 2 unspecified atom stereocenters. The summed E-state index contributed by atoms with van der Waals surface area (Å²) in [5.41, 5.74) is 2.36. The molecule has 84 valence electrons. The van der Waals surface area contributed by atoms with Gasteiger partial charge in [-0.1, -0.05) is 13.3 Å². The Morgan fingerprint density at radius 3 is 2.94 bits per heavy atom. The van der Waals surface area contributed by atoms with Crippen molar-refractivity contribution in [3.05, 3.63) is 35.8 Å². The zero-order valence-corrected chi connectivity index (χ0v) is 9.46. The van der Waals surface area contributed by atoms with Crippen molar-refractivity contribution in [3.8, 4) is 0 Å². The highest BCUT2D eigenvalue weighted by atomic mass is 19.1. The van der Waals surface area contributed by atoms with Gasteiger partial charge in [0, 0.05) is 17.1 Å². The van der Waals surface area contributed by atoms with Crippen LogP contribution < -0.4 is 0 Å².